The van der Waals surface area contributed by atoms with Gasteiger partial charge in [0.2, 0.25) is 0 Å². The molecule has 1 rings (SSSR count). The Morgan fingerprint density at radius 2 is 1.69 bits per heavy atom. The number of hydrogen-bond donors (Lipinski definition) is 2. The molecule has 0 aromatic heterocycles. The SMILES string of the molecule is NCCCC1(CCCN)CCCO1. The van der Waals surface area contributed by atoms with E-state index in [1.54, 1.807) is 0 Å². The van der Waals surface area contributed by atoms with Gasteiger partial charge in [-0.15, -0.1) is 0 Å². The molecule has 0 spiro atoms. The number of rotatable bonds is 6. The molecule has 0 saturated carbocycles. The van der Waals surface area contributed by atoms with Gasteiger partial charge in [0.25, 0.3) is 0 Å². The van der Waals surface area contributed by atoms with Crippen LogP contribution in [0.5, 0.6) is 0 Å². The summed E-state index contributed by atoms with van der Waals surface area (Å²) < 4.78 is 5.83. The summed E-state index contributed by atoms with van der Waals surface area (Å²) in [5, 5.41) is 0. The highest BCUT2D eigenvalue weighted by atomic mass is 16.5. The highest BCUT2D eigenvalue weighted by Crippen LogP contribution is 2.34. The van der Waals surface area contributed by atoms with Gasteiger partial charge in [-0.25, -0.2) is 0 Å². The maximum absolute atomic E-state index is 5.83. The fourth-order valence-corrected chi connectivity index (χ4v) is 2.12. The van der Waals surface area contributed by atoms with Gasteiger partial charge in [-0.05, 0) is 51.6 Å². The van der Waals surface area contributed by atoms with E-state index < -0.39 is 0 Å². The van der Waals surface area contributed by atoms with Crippen LogP contribution in [-0.2, 0) is 4.74 Å². The third-order valence-corrected chi connectivity index (χ3v) is 2.86. The minimum atomic E-state index is 0.138. The zero-order valence-corrected chi connectivity index (χ0v) is 8.43. The standard InChI is InChI=1S/C10H22N2O/c11-7-1-4-10(5-2-8-12)6-3-9-13-10/h1-9,11-12H2. The van der Waals surface area contributed by atoms with E-state index in [1.807, 2.05) is 0 Å². The maximum atomic E-state index is 5.83. The van der Waals surface area contributed by atoms with E-state index in [-0.39, 0.29) is 5.60 Å². The Labute approximate surface area is 80.8 Å². The van der Waals surface area contributed by atoms with Gasteiger partial charge in [0.05, 0.1) is 5.60 Å². The lowest BCUT2D eigenvalue weighted by Crippen LogP contribution is -2.29. The lowest BCUT2D eigenvalue weighted by molar-refractivity contribution is -0.0116. The number of ether oxygens (including phenoxy) is 1. The molecular formula is C10H22N2O. The summed E-state index contributed by atoms with van der Waals surface area (Å²) in [6.07, 6.45) is 6.78. The predicted octanol–water partition coefficient (Wildman–Crippen LogP) is 1.01. The second-order valence-electron chi connectivity index (χ2n) is 3.92. The van der Waals surface area contributed by atoms with Crippen LogP contribution >= 0.6 is 0 Å². The van der Waals surface area contributed by atoms with Gasteiger partial charge < -0.3 is 16.2 Å². The molecule has 1 aliphatic rings. The predicted molar refractivity (Wildman–Crippen MR) is 54.5 cm³/mol. The average Bonchev–Trinajstić information content (AvgIpc) is 2.61. The van der Waals surface area contributed by atoms with Crippen molar-refractivity contribution in [3.05, 3.63) is 0 Å². The largest absolute Gasteiger partial charge is 0.375 e. The van der Waals surface area contributed by atoms with E-state index in [1.165, 1.54) is 12.8 Å². The Morgan fingerprint density at radius 1 is 1.08 bits per heavy atom. The molecule has 0 unspecified atom stereocenters. The lowest BCUT2D eigenvalue weighted by Gasteiger charge is -2.28. The molecule has 1 aliphatic heterocycles. The van der Waals surface area contributed by atoms with E-state index in [0.29, 0.717) is 0 Å². The van der Waals surface area contributed by atoms with Gasteiger partial charge in [-0.1, -0.05) is 0 Å². The summed E-state index contributed by atoms with van der Waals surface area (Å²) >= 11 is 0. The van der Waals surface area contributed by atoms with Crippen molar-refractivity contribution in [3.63, 3.8) is 0 Å². The van der Waals surface area contributed by atoms with Crippen molar-refractivity contribution in [1.29, 1.82) is 0 Å². The Kier molecular flexibility index (Phi) is 4.70. The molecular weight excluding hydrogens is 164 g/mol. The molecule has 0 aliphatic carbocycles. The molecule has 0 aromatic carbocycles. The summed E-state index contributed by atoms with van der Waals surface area (Å²) in [7, 11) is 0. The molecule has 3 heteroatoms. The van der Waals surface area contributed by atoms with Crippen LogP contribution in [0.15, 0.2) is 0 Å². The molecule has 0 atom stereocenters. The maximum Gasteiger partial charge on any atom is 0.0684 e. The first kappa shape index (κ1) is 11.0. The molecule has 1 saturated heterocycles. The van der Waals surface area contributed by atoms with Gasteiger partial charge in [0.1, 0.15) is 0 Å². The molecule has 0 radical (unpaired) electrons. The van der Waals surface area contributed by atoms with Crippen LogP contribution in [0.2, 0.25) is 0 Å². The Bertz CT molecular complexity index is 123. The lowest BCUT2D eigenvalue weighted by atomic mass is 9.89. The molecule has 0 aromatic rings. The van der Waals surface area contributed by atoms with E-state index in [2.05, 4.69) is 0 Å². The molecule has 4 N–H and O–H groups in total. The summed E-state index contributed by atoms with van der Waals surface area (Å²) in [6, 6.07) is 0. The smallest absolute Gasteiger partial charge is 0.0684 e. The van der Waals surface area contributed by atoms with E-state index in [0.717, 1.165) is 45.4 Å². The van der Waals surface area contributed by atoms with Crippen LogP contribution in [0.4, 0.5) is 0 Å². The monoisotopic (exact) mass is 186 g/mol. The first-order valence-corrected chi connectivity index (χ1v) is 5.37. The molecule has 3 nitrogen and oxygen atoms in total. The van der Waals surface area contributed by atoms with Crippen molar-refractivity contribution in [2.45, 2.75) is 44.1 Å². The fourth-order valence-electron chi connectivity index (χ4n) is 2.12. The zero-order chi connectivity index (χ0) is 9.57. The molecule has 13 heavy (non-hydrogen) atoms. The second-order valence-corrected chi connectivity index (χ2v) is 3.92. The van der Waals surface area contributed by atoms with Crippen LogP contribution in [0.25, 0.3) is 0 Å². The topological polar surface area (TPSA) is 61.3 Å². The summed E-state index contributed by atoms with van der Waals surface area (Å²) in [6.45, 7) is 2.47. The number of nitrogens with two attached hydrogens (primary N) is 2. The highest BCUT2D eigenvalue weighted by molar-refractivity contribution is 4.85. The van der Waals surface area contributed by atoms with Crippen molar-refractivity contribution in [2.24, 2.45) is 11.5 Å². The molecule has 0 amide bonds. The van der Waals surface area contributed by atoms with E-state index >= 15 is 0 Å². The summed E-state index contributed by atoms with van der Waals surface area (Å²) in [5.41, 5.74) is 11.2. The van der Waals surface area contributed by atoms with Gasteiger partial charge in [-0.3, -0.25) is 0 Å². The quantitative estimate of drug-likeness (QED) is 0.651. The molecule has 0 bridgehead atoms. The summed E-state index contributed by atoms with van der Waals surface area (Å²) in [4.78, 5) is 0. The third-order valence-electron chi connectivity index (χ3n) is 2.86. The average molecular weight is 186 g/mol. The van der Waals surface area contributed by atoms with Crippen molar-refractivity contribution in [1.82, 2.24) is 0 Å². The Morgan fingerprint density at radius 3 is 2.08 bits per heavy atom. The zero-order valence-electron chi connectivity index (χ0n) is 8.43. The van der Waals surface area contributed by atoms with Crippen molar-refractivity contribution in [2.75, 3.05) is 19.7 Å². The van der Waals surface area contributed by atoms with Crippen molar-refractivity contribution in [3.8, 4) is 0 Å². The van der Waals surface area contributed by atoms with Gasteiger partial charge >= 0.3 is 0 Å². The molecule has 78 valence electrons. The first-order chi connectivity index (χ1) is 6.33. The Hall–Kier alpha value is -0.120. The summed E-state index contributed by atoms with van der Waals surface area (Å²) in [5.74, 6) is 0. The molecule has 1 heterocycles. The normalized spacial score (nSPS) is 20.8. The van der Waals surface area contributed by atoms with Gasteiger partial charge in [0, 0.05) is 6.61 Å². The highest BCUT2D eigenvalue weighted by Gasteiger charge is 2.33. The van der Waals surface area contributed by atoms with Gasteiger partial charge in [0.15, 0.2) is 0 Å². The Balaban J connectivity index is 2.33. The fraction of sp³-hybridized carbons (Fsp3) is 1.00. The number of hydrogen-bond acceptors (Lipinski definition) is 3. The van der Waals surface area contributed by atoms with Crippen LogP contribution in [0.3, 0.4) is 0 Å². The van der Waals surface area contributed by atoms with Crippen LogP contribution in [0, 0.1) is 0 Å². The van der Waals surface area contributed by atoms with Crippen LogP contribution < -0.4 is 11.5 Å². The molecule has 1 fully saturated rings. The minimum absolute atomic E-state index is 0.138. The van der Waals surface area contributed by atoms with Crippen molar-refractivity contribution < 1.29 is 4.74 Å². The van der Waals surface area contributed by atoms with E-state index in [9.17, 15) is 0 Å². The van der Waals surface area contributed by atoms with Crippen LogP contribution in [0.1, 0.15) is 38.5 Å². The van der Waals surface area contributed by atoms with Crippen LogP contribution in [-0.4, -0.2) is 25.3 Å². The second kappa shape index (κ2) is 5.58. The van der Waals surface area contributed by atoms with Gasteiger partial charge in [-0.2, -0.15) is 0 Å². The minimum Gasteiger partial charge on any atom is -0.375 e. The first-order valence-electron chi connectivity index (χ1n) is 5.37. The van der Waals surface area contributed by atoms with Crippen molar-refractivity contribution >= 4 is 0 Å². The van der Waals surface area contributed by atoms with E-state index in [4.69, 9.17) is 16.2 Å². The third kappa shape index (κ3) is 3.25.